The lowest BCUT2D eigenvalue weighted by Gasteiger charge is -2.24. The minimum atomic E-state index is -3.87. The smallest absolute Gasteiger partial charge is 0.409 e. The number of ether oxygens (including phenoxy) is 1. The number of nitrogens with zero attached hydrogens (tertiary/aromatic N) is 2. The lowest BCUT2D eigenvalue weighted by Crippen LogP contribution is -2.42. The average molecular weight is 407 g/mol. The first-order chi connectivity index (χ1) is 12.6. The van der Waals surface area contributed by atoms with Crippen molar-refractivity contribution in [1.29, 1.82) is 0 Å². The number of carbonyl (C=O) groups excluding carboxylic acids is 1. The molecule has 1 aromatic heterocycles. The summed E-state index contributed by atoms with van der Waals surface area (Å²) in [5.74, 6) is 0.102. The second-order valence-corrected chi connectivity index (χ2v) is 14.1. The second-order valence-electron chi connectivity index (χ2n) is 7.12. The molecular weight excluding hydrogens is 380 g/mol. The Labute approximate surface area is 162 Å². The van der Waals surface area contributed by atoms with E-state index in [9.17, 15) is 13.2 Å². The number of sulfone groups is 1. The van der Waals surface area contributed by atoms with Crippen molar-refractivity contribution in [3.63, 3.8) is 0 Å². The van der Waals surface area contributed by atoms with Gasteiger partial charge in [-0.25, -0.2) is 13.2 Å². The molecule has 8 heteroatoms. The fourth-order valence-corrected chi connectivity index (χ4v) is 5.40. The summed E-state index contributed by atoms with van der Waals surface area (Å²) in [5.41, 5.74) is 0. The molecule has 0 bridgehead atoms. The number of aromatic nitrogens is 1. The Kier molecular flexibility index (Phi) is 6.43. The van der Waals surface area contributed by atoms with Crippen molar-refractivity contribution in [2.45, 2.75) is 43.3 Å². The molecule has 27 heavy (non-hydrogen) atoms. The van der Waals surface area contributed by atoms with Gasteiger partial charge in [0.1, 0.15) is 4.90 Å². The van der Waals surface area contributed by atoms with Crippen molar-refractivity contribution in [3.05, 3.63) is 42.7 Å². The van der Waals surface area contributed by atoms with Crippen molar-refractivity contribution in [1.82, 2.24) is 9.88 Å². The molecule has 0 saturated heterocycles. The van der Waals surface area contributed by atoms with E-state index >= 15 is 0 Å². The van der Waals surface area contributed by atoms with Gasteiger partial charge in [0.25, 0.3) is 0 Å². The number of benzene rings is 1. The molecule has 1 aromatic carbocycles. The molecule has 2 aromatic rings. The average Bonchev–Trinajstić information content (AvgIpc) is 2.62. The van der Waals surface area contributed by atoms with E-state index in [4.69, 9.17) is 4.74 Å². The summed E-state index contributed by atoms with van der Waals surface area (Å²) in [6.07, 6.45) is 2.31. The van der Waals surface area contributed by atoms with Crippen molar-refractivity contribution in [3.8, 4) is 5.75 Å². The van der Waals surface area contributed by atoms with Crippen LogP contribution in [0.5, 0.6) is 5.75 Å². The van der Waals surface area contributed by atoms with Crippen molar-refractivity contribution in [2.24, 2.45) is 0 Å². The normalized spacial score (nSPS) is 11.9. The standard InChI is InChI=1S/C19H26N2O4SSi/c1-6-21(7-2)19(22)25-18-16(13-20-14-17(18)27(3,4)5)26(23,24)15-11-9-8-10-12-15/h8-14H,6-7H2,1-5H3. The molecule has 0 atom stereocenters. The van der Waals surface area contributed by atoms with Gasteiger partial charge < -0.3 is 9.64 Å². The van der Waals surface area contributed by atoms with Gasteiger partial charge in [0.05, 0.1) is 13.0 Å². The summed E-state index contributed by atoms with van der Waals surface area (Å²) in [4.78, 5) is 18.3. The largest absolute Gasteiger partial charge is 0.415 e. The van der Waals surface area contributed by atoms with Crippen LogP contribution in [-0.4, -0.2) is 45.6 Å². The fraction of sp³-hybridized carbons (Fsp3) is 0.368. The van der Waals surface area contributed by atoms with Gasteiger partial charge in [-0.3, -0.25) is 4.98 Å². The third-order valence-corrected chi connectivity index (χ3v) is 7.96. The maximum atomic E-state index is 13.2. The molecule has 0 unspecified atom stereocenters. The van der Waals surface area contributed by atoms with Crippen LogP contribution >= 0.6 is 0 Å². The number of hydrogen-bond donors (Lipinski definition) is 0. The first kappa shape index (κ1) is 21.1. The van der Waals surface area contributed by atoms with Crippen LogP contribution in [0.4, 0.5) is 4.79 Å². The summed E-state index contributed by atoms with van der Waals surface area (Å²) in [7, 11) is -5.91. The van der Waals surface area contributed by atoms with E-state index in [1.807, 2.05) is 13.8 Å². The lowest BCUT2D eigenvalue weighted by molar-refractivity contribution is 0.156. The van der Waals surface area contributed by atoms with E-state index in [1.54, 1.807) is 24.4 Å². The van der Waals surface area contributed by atoms with Gasteiger partial charge in [0, 0.05) is 30.7 Å². The van der Waals surface area contributed by atoms with Gasteiger partial charge in [-0.05, 0) is 26.0 Å². The first-order valence-corrected chi connectivity index (χ1v) is 13.9. The highest BCUT2D eigenvalue weighted by molar-refractivity contribution is 7.91. The SMILES string of the molecule is CCN(CC)C(=O)Oc1c([Si](C)(C)C)cncc1S(=O)(=O)c1ccccc1. The second kappa shape index (κ2) is 8.22. The lowest BCUT2D eigenvalue weighted by atomic mass is 10.4. The number of pyridine rings is 1. The van der Waals surface area contributed by atoms with Crippen LogP contribution < -0.4 is 9.92 Å². The maximum absolute atomic E-state index is 13.2. The van der Waals surface area contributed by atoms with Crippen molar-refractivity contribution >= 4 is 29.2 Å². The van der Waals surface area contributed by atoms with E-state index in [0.29, 0.717) is 18.3 Å². The van der Waals surface area contributed by atoms with Gasteiger partial charge in [-0.15, -0.1) is 0 Å². The van der Waals surface area contributed by atoms with E-state index in [1.165, 1.54) is 23.2 Å². The van der Waals surface area contributed by atoms with Crippen LogP contribution in [0, 0.1) is 0 Å². The predicted octanol–water partition coefficient (Wildman–Crippen LogP) is 3.30. The third kappa shape index (κ3) is 4.56. The molecule has 2 rings (SSSR count). The molecule has 1 amide bonds. The zero-order valence-electron chi connectivity index (χ0n) is 16.4. The predicted molar refractivity (Wildman–Crippen MR) is 108 cm³/mol. The number of carbonyl (C=O) groups is 1. The van der Waals surface area contributed by atoms with E-state index in [0.717, 1.165) is 0 Å². The molecule has 146 valence electrons. The highest BCUT2D eigenvalue weighted by Crippen LogP contribution is 2.29. The Hall–Kier alpha value is -2.19. The zero-order chi connectivity index (χ0) is 20.2. The fourth-order valence-electron chi connectivity index (χ4n) is 2.62. The quantitative estimate of drug-likeness (QED) is 0.688. The molecule has 6 nitrogen and oxygen atoms in total. The Bertz CT molecular complexity index is 905. The van der Waals surface area contributed by atoms with Crippen LogP contribution in [0.15, 0.2) is 52.5 Å². The molecule has 1 heterocycles. The van der Waals surface area contributed by atoms with Crippen LogP contribution in [0.1, 0.15) is 13.8 Å². The molecule has 0 radical (unpaired) electrons. The van der Waals surface area contributed by atoms with Gasteiger partial charge in [0.15, 0.2) is 5.75 Å². The molecule has 0 spiro atoms. The Morgan fingerprint density at radius 1 is 1.07 bits per heavy atom. The summed E-state index contributed by atoms with van der Waals surface area (Å²) >= 11 is 0. The van der Waals surface area contributed by atoms with Crippen LogP contribution in [0.25, 0.3) is 0 Å². The minimum absolute atomic E-state index is 0.0749. The molecule has 0 aliphatic rings. The third-order valence-electron chi connectivity index (χ3n) is 4.23. The van der Waals surface area contributed by atoms with Crippen LogP contribution in [0.2, 0.25) is 19.6 Å². The van der Waals surface area contributed by atoms with E-state index < -0.39 is 24.0 Å². The highest BCUT2D eigenvalue weighted by atomic mass is 32.2. The zero-order valence-corrected chi connectivity index (χ0v) is 18.2. The molecule has 0 aliphatic carbocycles. The first-order valence-electron chi connectivity index (χ1n) is 8.88. The minimum Gasteiger partial charge on any atom is -0.409 e. The van der Waals surface area contributed by atoms with Crippen molar-refractivity contribution < 1.29 is 17.9 Å². The number of rotatable bonds is 6. The Morgan fingerprint density at radius 2 is 1.67 bits per heavy atom. The molecule has 0 saturated carbocycles. The summed E-state index contributed by atoms with van der Waals surface area (Å²) in [6, 6.07) is 8.10. The van der Waals surface area contributed by atoms with Gasteiger partial charge >= 0.3 is 6.09 Å². The topological polar surface area (TPSA) is 76.6 Å². The number of amides is 1. The van der Waals surface area contributed by atoms with Crippen molar-refractivity contribution in [2.75, 3.05) is 13.1 Å². The molecular formula is C19H26N2O4SSi. The van der Waals surface area contributed by atoms with Crippen LogP contribution in [-0.2, 0) is 9.84 Å². The van der Waals surface area contributed by atoms with E-state index in [2.05, 4.69) is 24.6 Å². The van der Waals surface area contributed by atoms with E-state index in [-0.39, 0.29) is 15.5 Å². The molecule has 0 aliphatic heterocycles. The highest BCUT2D eigenvalue weighted by Gasteiger charge is 2.32. The number of hydrogen-bond acceptors (Lipinski definition) is 5. The van der Waals surface area contributed by atoms with Gasteiger partial charge in [-0.1, -0.05) is 37.8 Å². The summed E-state index contributed by atoms with van der Waals surface area (Å²) < 4.78 is 32.0. The monoisotopic (exact) mass is 406 g/mol. The van der Waals surface area contributed by atoms with Crippen LogP contribution in [0.3, 0.4) is 0 Å². The Morgan fingerprint density at radius 3 is 2.19 bits per heavy atom. The Balaban J connectivity index is 2.67. The van der Waals surface area contributed by atoms with Gasteiger partial charge in [0.2, 0.25) is 9.84 Å². The summed E-state index contributed by atoms with van der Waals surface area (Å²) in [5, 5.41) is 0.694. The molecule has 0 N–H and O–H groups in total. The summed E-state index contributed by atoms with van der Waals surface area (Å²) in [6.45, 7) is 10.8. The molecule has 0 fully saturated rings. The van der Waals surface area contributed by atoms with Gasteiger partial charge in [-0.2, -0.15) is 0 Å². The maximum Gasteiger partial charge on any atom is 0.415 e.